The highest BCUT2D eigenvalue weighted by Crippen LogP contribution is 2.50. The quantitative estimate of drug-likeness (QED) is 0.360. The lowest BCUT2D eigenvalue weighted by Gasteiger charge is -2.19. The zero-order valence-corrected chi connectivity index (χ0v) is 22.7. The highest BCUT2D eigenvalue weighted by molar-refractivity contribution is 5.83. The van der Waals surface area contributed by atoms with Gasteiger partial charge >= 0.3 is 0 Å². The molecule has 10 heteroatoms. The van der Waals surface area contributed by atoms with Gasteiger partial charge in [-0.15, -0.1) is 0 Å². The van der Waals surface area contributed by atoms with Crippen LogP contribution in [0.4, 0.5) is 5.69 Å². The van der Waals surface area contributed by atoms with Crippen molar-refractivity contribution in [2.24, 2.45) is 0 Å². The van der Waals surface area contributed by atoms with Crippen molar-refractivity contribution in [3.63, 3.8) is 0 Å². The number of aryl methyl sites for hydroxylation is 1. The molecule has 0 bridgehead atoms. The van der Waals surface area contributed by atoms with Crippen molar-refractivity contribution in [2.45, 2.75) is 38.6 Å². The number of hydrogen-bond acceptors (Lipinski definition) is 8. The van der Waals surface area contributed by atoms with E-state index in [1.165, 1.54) is 6.92 Å². The average molecular weight is 528 g/mol. The highest BCUT2D eigenvalue weighted by atomic mass is 16.5. The van der Waals surface area contributed by atoms with Crippen LogP contribution in [0.2, 0.25) is 0 Å². The van der Waals surface area contributed by atoms with Crippen molar-refractivity contribution in [3.05, 3.63) is 45.6 Å². The van der Waals surface area contributed by atoms with Gasteiger partial charge in [0.25, 0.3) is 0 Å². The summed E-state index contributed by atoms with van der Waals surface area (Å²) in [6.07, 6.45) is 2.10. The summed E-state index contributed by atoms with van der Waals surface area (Å²) in [6.45, 7) is 2.83. The number of carbonyl (C=O) groups excluding carboxylic acids is 2. The lowest BCUT2D eigenvalue weighted by Crippen LogP contribution is -2.27. The van der Waals surface area contributed by atoms with E-state index >= 15 is 0 Å². The van der Waals surface area contributed by atoms with Gasteiger partial charge in [-0.3, -0.25) is 14.4 Å². The molecular weight excluding hydrogens is 490 g/mol. The molecule has 0 heterocycles. The molecule has 0 spiro atoms. The van der Waals surface area contributed by atoms with E-state index < -0.39 is 0 Å². The van der Waals surface area contributed by atoms with E-state index in [2.05, 4.69) is 16.0 Å². The molecule has 1 atom stereocenters. The second-order valence-corrected chi connectivity index (χ2v) is 8.97. The van der Waals surface area contributed by atoms with Gasteiger partial charge in [0.05, 0.1) is 39.7 Å². The summed E-state index contributed by atoms with van der Waals surface area (Å²) in [5.74, 6) is 1.24. The average Bonchev–Trinajstić information content (AvgIpc) is 3.14. The summed E-state index contributed by atoms with van der Waals surface area (Å²) in [5, 5.41) is 8.94. The third kappa shape index (κ3) is 6.74. The number of anilines is 1. The molecule has 0 fully saturated rings. The van der Waals surface area contributed by atoms with Gasteiger partial charge in [0, 0.05) is 39.1 Å². The molecule has 0 aromatic heterocycles. The standard InChI is InChI=1S/C28H37N3O7/c1-17(32)31-21-10-8-18-15-24(36-3)27(37-4)28(38-5)26(18)19-9-11-22(23(33)16-20(19)21)29-12-6-7-25(34)30-13-14-35-2/h9,11,15-16,21H,6-8,10,12-14H2,1-5H3,(H,29,33)(H,30,34)(H,31,32). The van der Waals surface area contributed by atoms with Crippen LogP contribution in [0.25, 0.3) is 11.1 Å². The third-order valence-electron chi connectivity index (χ3n) is 6.44. The van der Waals surface area contributed by atoms with Crippen molar-refractivity contribution in [1.82, 2.24) is 10.6 Å². The lowest BCUT2D eigenvalue weighted by molar-refractivity contribution is -0.121. The molecule has 0 saturated heterocycles. The minimum Gasteiger partial charge on any atom is -0.493 e. The van der Waals surface area contributed by atoms with Gasteiger partial charge in [-0.05, 0) is 54.2 Å². The zero-order chi connectivity index (χ0) is 27.7. The molecule has 0 saturated carbocycles. The minimum atomic E-state index is -0.375. The normalized spacial score (nSPS) is 13.9. The van der Waals surface area contributed by atoms with E-state index in [0.29, 0.717) is 73.9 Å². The molecule has 1 aliphatic rings. The number of carbonyl (C=O) groups is 2. The maximum Gasteiger partial charge on any atom is 0.220 e. The molecule has 3 N–H and O–H groups in total. The molecule has 2 aromatic rings. The Balaban J connectivity index is 2.00. The van der Waals surface area contributed by atoms with Crippen LogP contribution in [-0.4, -0.2) is 59.9 Å². The Morgan fingerprint density at radius 3 is 2.42 bits per heavy atom. The van der Waals surface area contributed by atoms with E-state index in [-0.39, 0.29) is 23.3 Å². The molecule has 1 unspecified atom stereocenters. The summed E-state index contributed by atoms with van der Waals surface area (Å²) < 4.78 is 21.9. The van der Waals surface area contributed by atoms with Gasteiger partial charge in [0.15, 0.2) is 11.5 Å². The molecule has 2 aromatic carbocycles. The van der Waals surface area contributed by atoms with Gasteiger partial charge in [-0.1, -0.05) is 6.07 Å². The SMILES string of the molecule is COCCNC(=O)CCCNc1ccc2c(cc1=O)C(NC(C)=O)CCc1cc(OC)c(OC)c(OC)c1-2. The maximum atomic E-state index is 13.3. The van der Waals surface area contributed by atoms with E-state index in [1.807, 2.05) is 12.1 Å². The first-order chi connectivity index (χ1) is 18.3. The largest absolute Gasteiger partial charge is 0.493 e. The minimum absolute atomic E-state index is 0.0669. The number of ether oxygens (including phenoxy) is 4. The predicted octanol–water partition coefficient (Wildman–Crippen LogP) is 2.82. The zero-order valence-electron chi connectivity index (χ0n) is 22.7. The van der Waals surface area contributed by atoms with Crippen LogP contribution < -0.4 is 35.6 Å². The topological polar surface area (TPSA) is 124 Å². The molecule has 38 heavy (non-hydrogen) atoms. The van der Waals surface area contributed by atoms with Gasteiger partial charge in [0.2, 0.25) is 23.0 Å². The molecule has 3 rings (SSSR count). The third-order valence-corrected chi connectivity index (χ3v) is 6.44. The second-order valence-electron chi connectivity index (χ2n) is 8.97. The van der Waals surface area contributed by atoms with Gasteiger partial charge in [-0.25, -0.2) is 0 Å². The highest BCUT2D eigenvalue weighted by Gasteiger charge is 2.29. The first-order valence-corrected chi connectivity index (χ1v) is 12.6. The summed E-state index contributed by atoms with van der Waals surface area (Å²) in [5.41, 5.74) is 3.40. The van der Waals surface area contributed by atoms with Crippen molar-refractivity contribution in [2.75, 3.05) is 53.5 Å². The fourth-order valence-electron chi connectivity index (χ4n) is 4.71. The van der Waals surface area contributed by atoms with Crippen LogP contribution in [0, 0.1) is 0 Å². The van der Waals surface area contributed by atoms with E-state index in [4.69, 9.17) is 18.9 Å². The summed E-state index contributed by atoms with van der Waals surface area (Å²) in [7, 11) is 6.26. The Labute approximate surface area is 223 Å². The Kier molecular flexibility index (Phi) is 10.3. The smallest absolute Gasteiger partial charge is 0.220 e. The van der Waals surface area contributed by atoms with Crippen LogP contribution in [0.15, 0.2) is 29.1 Å². The number of rotatable bonds is 12. The fourth-order valence-corrected chi connectivity index (χ4v) is 4.71. The summed E-state index contributed by atoms with van der Waals surface area (Å²) in [6, 6.07) is 6.71. The van der Waals surface area contributed by atoms with Crippen molar-refractivity contribution in [3.8, 4) is 28.4 Å². The van der Waals surface area contributed by atoms with Gasteiger partial charge in [0.1, 0.15) is 0 Å². The van der Waals surface area contributed by atoms with Crippen LogP contribution in [-0.2, 0) is 20.7 Å². The number of methoxy groups -OCH3 is 4. The fraction of sp³-hybridized carbons (Fsp3) is 0.464. The van der Waals surface area contributed by atoms with Crippen LogP contribution in [0.3, 0.4) is 0 Å². The molecule has 0 aliphatic heterocycles. The van der Waals surface area contributed by atoms with Crippen molar-refractivity contribution < 1.29 is 28.5 Å². The van der Waals surface area contributed by atoms with E-state index in [9.17, 15) is 14.4 Å². The molecule has 2 amide bonds. The Morgan fingerprint density at radius 2 is 1.76 bits per heavy atom. The molecule has 1 aliphatic carbocycles. The first-order valence-electron chi connectivity index (χ1n) is 12.6. The first kappa shape index (κ1) is 28.8. The molecule has 10 nitrogen and oxygen atoms in total. The van der Waals surface area contributed by atoms with Crippen LogP contribution in [0.5, 0.6) is 17.2 Å². The van der Waals surface area contributed by atoms with Crippen molar-refractivity contribution in [1.29, 1.82) is 0 Å². The van der Waals surface area contributed by atoms with Gasteiger partial charge in [-0.2, -0.15) is 0 Å². The molecule has 206 valence electrons. The summed E-state index contributed by atoms with van der Waals surface area (Å²) in [4.78, 5) is 37.3. The van der Waals surface area contributed by atoms with E-state index in [0.717, 1.165) is 16.7 Å². The predicted molar refractivity (Wildman–Crippen MR) is 145 cm³/mol. The monoisotopic (exact) mass is 527 g/mol. The lowest BCUT2D eigenvalue weighted by atomic mass is 9.95. The Bertz CT molecular complexity index is 1220. The Hall–Kier alpha value is -3.79. The summed E-state index contributed by atoms with van der Waals surface area (Å²) >= 11 is 0. The number of hydrogen-bond donors (Lipinski definition) is 3. The van der Waals surface area contributed by atoms with Crippen molar-refractivity contribution >= 4 is 17.5 Å². The number of amides is 2. The van der Waals surface area contributed by atoms with Gasteiger partial charge < -0.3 is 34.9 Å². The number of fused-ring (bicyclic) bond motifs is 3. The molecular formula is C28H37N3O7. The maximum absolute atomic E-state index is 13.3. The Morgan fingerprint density at radius 1 is 1.00 bits per heavy atom. The molecule has 0 radical (unpaired) electrons. The van der Waals surface area contributed by atoms with E-state index in [1.54, 1.807) is 40.6 Å². The van der Waals surface area contributed by atoms with Crippen LogP contribution >= 0.6 is 0 Å². The second kappa shape index (κ2) is 13.7. The number of benzene rings is 1. The number of nitrogens with one attached hydrogen (secondary N) is 3. The van der Waals surface area contributed by atoms with Crippen LogP contribution in [0.1, 0.15) is 43.4 Å².